The van der Waals surface area contributed by atoms with E-state index >= 15 is 0 Å². The third kappa shape index (κ3) is 4.26. The van der Waals surface area contributed by atoms with E-state index in [1.807, 2.05) is 60.8 Å². The van der Waals surface area contributed by atoms with Crippen LogP contribution < -0.4 is 0 Å². The van der Waals surface area contributed by atoms with E-state index in [1.165, 1.54) is 5.56 Å². The van der Waals surface area contributed by atoms with Gasteiger partial charge in [0.2, 0.25) is 0 Å². The molecule has 1 atom stereocenters. The van der Waals surface area contributed by atoms with Crippen LogP contribution in [0, 0.1) is 11.3 Å². The smallest absolute Gasteiger partial charge is 0.0866 e. The van der Waals surface area contributed by atoms with E-state index < -0.39 is 5.41 Å². The SMILES string of the molecule is N#CC(CCc1ccccc1)(Cc1cccnc1)c1ccc(Cl)cc1. The summed E-state index contributed by atoms with van der Waals surface area (Å²) in [6.07, 6.45) is 5.81. The lowest BCUT2D eigenvalue weighted by Crippen LogP contribution is -2.28. The Bertz CT molecular complexity index is 839. The van der Waals surface area contributed by atoms with Crippen molar-refractivity contribution in [3.63, 3.8) is 0 Å². The zero-order valence-corrected chi connectivity index (χ0v) is 14.7. The molecule has 0 saturated heterocycles. The molecule has 1 aromatic heterocycles. The number of aryl methyl sites for hydroxylation is 1. The molecular formula is C22H19ClN2. The summed E-state index contributed by atoms with van der Waals surface area (Å²) in [5.41, 5.74) is 2.69. The molecule has 2 nitrogen and oxygen atoms in total. The van der Waals surface area contributed by atoms with E-state index in [4.69, 9.17) is 11.6 Å². The lowest BCUT2D eigenvalue weighted by molar-refractivity contribution is 0.499. The highest BCUT2D eigenvalue weighted by Crippen LogP contribution is 2.33. The Morgan fingerprint density at radius 3 is 2.28 bits per heavy atom. The Morgan fingerprint density at radius 2 is 1.64 bits per heavy atom. The van der Waals surface area contributed by atoms with Gasteiger partial charge in [0.15, 0.2) is 0 Å². The molecule has 0 amide bonds. The molecule has 3 rings (SSSR count). The molecule has 0 radical (unpaired) electrons. The summed E-state index contributed by atoms with van der Waals surface area (Å²) in [6.45, 7) is 0. The lowest BCUT2D eigenvalue weighted by atomic mass is 9.73. The summed E-state index contributed by atoms with van der Waals surface area (Å²) in [4.78, 5) is 4.20. The molecule has 0 aliphatic heterocycles. The van der Waals surface area contributed by atoms with Crippen LogP contribution in [0.15, 0.2) is 79.1 Å². The van der Waals surface area contributed by atoms with E-state index in [1.54, 1.807) is 6.20 Å². The number of hydrogen-bond acceptors (Lipinski definition) is 2. The van der Waals surface area contributed by atoms with Crippen LogP contribution in [0.4, 0.5) is 0 Å². The topological polar surface area (TPSA) is 36.7 Å². The molecule has 2 aromatic carbocycles. The Kier molecular flexibility index (Phi) is 5.48. The first-order chi connectivity index (χ1) is 12.2. The van der Waals surface area contributed by atoms with Crippen LogP contribution in [-0.2, 0) is 18.3 Å². The standard InChI is InChI=1S/C22H19ClN2/c23-21-10-8-20(9-11-21)22(17-24,15-19-7-4-14-25-16-19)13-12-18-5-2-1-3-6-18/h1-11,14,16H,12-13,15H2. The second kappa shape index (κ2) is 7.96. The van der Waals surface area contributed by atoms with Crippen molar-refractivity contribution in [2.45, 2.75) is 24.7 Å². The van der Waals surface area contributed by atoms with Gasteiger partial charge in [-0.15, -0.1) is 0 Å². The fourth-order valence-corrected chi connectivity index (χ4v) is 3.24. The molecule has 0 fully saturated rings. The van der Waals surface area contributed by atoms with Gasteiger partial charge in [-0.25, -0.2) is 0 Å². The predicted octanol–water partition coefficient (Wildman–Crippen LogP) is 5.37. The Balaban J connectivity index is 1.94. The van der Waals surface area contributed by atoms with Gasteiger partial charge in [0, 0.05) is 17.4 Å². The highest BCUT2D eigenvalue weighted by molar-refractivity contribution is 6.30. The van der Waals surface area contributed by atoms with E-state index in [2.05, 4.69) is 23.2 Å². The van der Waals surface area contributed by atoms with Crippen molar-refractivity contribution in [3.05, 3.63) is 101 Å². The van der Waals surface area contributed by atoms with Crippen LogP contribution in [0.3, 0.4) is 0 Å². The van der Waals surface area contributed by atoms with Crippen LogP contribution in [0.25, 0.3) is 0 Å². The molecule has 0 aliphatic rings. The third-order valence-corrected chi connectivity index (χ3v) is 4.77. The third-order valence-electron chi connectivity index (χ3n) is 4.52. The number of hydrogen-bond donors (Lipinski definition) is 0. The largest absolute Gasteiger partial charge is 0.264 e. The van der Waals surface area contributed by atoms with Gasteiger partial charge in [-0.05, 0) is 54.2 Å². The number of rotatable bonds is 6. The molecule has 0 spiro atoms. The summed E-state index contributed by atoms with van der Waals surface area (Å²) >= 11 is 6.05. The van der Waals surface area contributed by atoms with Crippen molar-refractivity contribution >= 4 is 11.6 Å². The first-order valence-corrected chi connectivity index (χ1v) is 8.70. The summed E-state index contributed by atoms with van der Waals surface area (Å²) in [7, 11) is 0. The minimum absolute atomic E-state index is 0.608. The monoisotopic (exact) mass is 346 g/mol. The van der Waals surface area contributed by atoms with E-state index in [0.717, 1.165) is 24.0 Å². The summed E-state index contributed by atoms with van der Waals surface area (Å²) in [6, 6.07) is 24.5. The summed E-state index contributed by atoms with van der Waals surface area (Å²) < 4.78 is 0. The number of nitriles is 1. The Labute approximate surface area is 153 Å². The van der Waals surface area contributed by atoms with Crippen molar-refractivity contribution < 1.29 is 0 Å². The first kappa shape index (κ1) is 17.2. The van der Waals surface area contributed by atoms with Crippen LogP contribution in [0.2, 0.25) is 5.02 Å². The Morgan fingerprint density at radius 1 is 0.920 bits per heavy atom. The van der Waals surface area contributed by atoms with Crippen LogP contribution in [-0.4, -0.2) is 4.98 Å². The summed E-state index contributed by atoms with van der Waals surface area (Å²) in [5, 5.41) is 10.8. The van der Waals surface area contributed by atoms with Gasteiger partial charge in [-0.1, -0.05) is 60.1 Å². The van der Waals surface area contributed by atoms with E-state index in [9.17, 15) is 5.26 Å². The quantitative estimate of drug-likeness (QED) is 0.601. The molecule has 0 saturated carbocycles. The molecule has 124 valence electrons. The van der Waals surface area contributed by atoms with Crippen molar-refractivity contribution in [1.29, 1.82) is 5.26 Å². The lowest BCUT2D eigenvalue weighted by Gasteiger charge is -2.27. The molecule has 1 unspecified atom stereocenters. The van der Waals surface area contributed by atoms with Gasteiger partial charge >= 0.3 is 0 Å². The van der Waals surface area contributed by atoms with Gasteiger partial charge in [0.1, 0.15) is 0 Å². The maximum Gasteiger partial charge on any atom is 0.0866 e. The van der Waals surface area contributed by atoms with Gasteiger partial charge < -0.3 is 0 Å². The molecule has 1 heterocycles. The van der Waals surface area contributed by atoms with Crippen molar-refractivity contribution in [2.24, 2.45) is 0 Å². The average Bonchev–Trinajstić information content (AvgIpc) is 2.67. The normalized spacial score (nSPS) is 13.0. The highest BCUT2D eigenvalue weighted by Gasteiger charge is 2.32. The fraction of sp³-hybridized carbons (Fsp3) is 0.182. The number of aromatic nitrogens is 1. The number of pyridine rings is 1. The molecule has 3 aromatic rings. The minimum Gasteiger partial charge on any atom is -0.264 e. The maximum absolute atomic E-state index is 10.1. The number of nitrogens with zero attached hydrogens (tertiary/aromatic N) is 2. The van der Waals surface area contributed by atoms with Gasteiger partial charge in [-0.2, -0.15) is 5.26 Å². The first-order valence-electron chi connectivity index (χ1n) is 8.32. The highest BCUT2D eigenvalue weighted by atomic mass is 35.5. The average molecular weight is 347 g/mol. The second-order valence-corrected chi connectivity index (χ2v) is 6.66. The van der Waals surface area contributed by atoms with Crippen molar-refractivity contribution in [1.82, 2.24) is 4.98 Å². The van der Waals surface area contributed by atoms with Crippen LogP contribution >= 0.6 is 11.6 Å². The molecule has 0 aliphatic carbocycles. The van der Waals surface area contributed by atoms with E-state index in [0.29, 0.717) is 11.4 Å². The zero-order valence-electron chi connectivity index (χ0n) is 13.9. The summed E-state index contributed by atoms with van der Waals surface area (Å²) in [5.74, 6) is 0. The number of halogens is 1. The molecule has 0 bridgehead atoms. The van der Waals surface area contributed by atoms with Gasteiger partial charge in [-0.3, -0.25) is 4.98 Å². The molecular weight excluding hydrogens is 328 g/mol. The van der Waals surface area contributed by atoms with E-state index in [-0.39, 0.29) is 0 Å². The van der Waals surface area contributed by atoms with Crippen LogP contribution in [0.1, 0.15) is 23.1 Å². The van der Waals surface area contributed by atoms with Gasteiger partial charge in [0.05, 0.1) is 11.5 Å². The molecule has 0 N–H and O–H groups in total. The fourth-order valence-electron chi connectivity index (χ4n) is 3.12. The molecule has 3 heteroatoms. The van der Waals surface area contributed by atoms with Crippen LogP contribution in [0.5, 0.6) is 0 Å². The predicted molar refractivity (Wildman–Crippen MR) is 101 cm³/mol. The number of benzene rings is 2. The Hall–Kier alpha value is -2.63. The maximum atomic E-state index is 10.1. The second-order valence-electron chi connectivity index (χ2n) is 6.22. The van der Waals surface area contributed by atoms with Crippen molar-refractivity contribution in [2.75, 3.05) is 0 Å². The zero-order chi connectivity index (χ0) is 17.5. The van der Waals surface area contributed by atoms with Crippen molar-refractivity contribution in [3.8, 4) is 6.07 Å². The van der Waals surface area contributed by atoms with Gasteiger partial charge in [0.25, 0.3) is 0 Å². The minimum atomic E-state index is -0.608. The molecule has 25 heavy (non-hydrogen) atoms.